The highest BCUT2D eigenvalue weighted by atomic mass is 15.2. The lowest BCUT2D eigenvalue weighted by atomic mass is 9.96. The van der Waals surface area contributed by atoms with Crippen LogP contribution in [0.4, 0.5) is 0 Å². The third-order valence-corrected chi connectivity index (χ3v) is 8.64. The zero-order valence-corrected chi connectivity index (χ0v) is 29.2. The molecule has 0 aromatic heterocycles. The Morgan fingerprint density at radius 3 is 1.10 bits per heavy atom. The van der Waals surface area contributed by atoms with E-state index < -0.39 is 0 Å². The lowest BCUT2D eigenvalue weighted by molar-refractivity contribution is 0.141. The molecular weight excluding hydrogens is 488 g/mol. The number of hydrogen-bond acceptors (Lipinski definition) is 4. The summed E-state index contributed by atoms with van der Waals surface area (Å²) in [5.41, 5.74) is 0. The first-order chi connectivity index (χ1) is 19.0. The van der Waals surface area contributed by atoms with Gasteiger partial charge < -0.3 is 19.6 Å². The molecule has 40 heavy (non-hydrogen) atoms. The van der Waals surface area contributed by atoms with E-state index in [2.05, 4.69) is 82.0 Å². The number of likely N-dealkylation sites (N-methyl/N-ethyl adjacent to an activating group) is 1. The van der Waals surface area contributed by atoms with Crippen molar-refractivity contribution in [2.45, 2.75) is 126 Å². The summed E-state index contributed by atoms with van der Waals surface area (Å²) in [6.07, 6.45) is 16.1. The minimum Gasteiger partial charge on any atom is -0.304 e. The van der Waals surface area contributed by atoms with Crippen molar-refractivity contribution >= 4 is 0 Å². The van der Waals surface area contributed by atoms with E-state index in [-0.39, 0.29) is 0 Å². The zero-order chi connectivity index (χ0) is 29.8. The Morgan fingerprint density at radius 1 is 0.425 bits per heavy atom. The summed E-state index contributed by atoms with van der Waals surface area (Å²) < 4.78 is 0. The molecule has 0 spiro atoms. The summed E-state index contributed by atoms with van der Waals surface area (Å²) in [5.74, 6) is 4.52. The second-order valence-electron chi connectivity index (χ2n) is 15.3. The first kappa shape index (κ1) is 37.9. The van der Waals surface area contributed by atoms with Crippen LogP contribution >= 0.6 is 0 Å². The highest BCUT2D eigenvalue weighted by Gasteiger charge is 2.16. The minimum absolute atomic E-state index is 0.818. The standard InChI is InChI=1S/C9H20N2.2C9H19N.C9H18/c1-9(2)8-11-6-4-10(3)5-7-11;2*1-9(2)8-10-6-4-3-5-7-10;1-8(2)7-9-5-3-4-6-9/h9H,4-8H2,1-3H3;2*9H,3-8H2,1-2H3;8-9H,3-7H2,1-2H3. The number of rotatable bonds is 8. The predicted molar refractivity (Wildman–Crippen MR) is 180 cm³/mol. The Morgan fingerprint density at radius 2 is 0.775 bits per heavy atom. The highest BCUT2D eigenvalue weighted by Crippen LogP contribution is 2.29. The number of nitrogens with zero attached hydrogens (tertiary/aromatic N) is 4. The first-order valence-corrected chi connectivity index (χ1v) is 17.9. The third kappa shape index (κ3) is 21.5. The van der Waals surface area contributed by atoms with Crippen LogP contribution in [-0.2, 0) is 0 Å². The minimum atomic E-state index is 0.818. The van der Waals surface area contributed by atoms with Crippen LogP contribution < -0.4 is 0 Å². The van der Waals surface area contributed by atoms with E-state index in [0.29, 0.717) is 0 Å². The molecule has 3 saturated heterocycles. The predicted octanol–water partition coefficient (Wildman–Crippen LogP) is 8.37. The maximum absolute atomic E-state index is 2.59. The molecule has 0 bridgehead atoms. The largest absolute Gasteiger partial charge is 0.304 e. The van der Waals surface area contributed by atoms with Gasteiger partial charge in [-0.25, -0.2) is 0 Å². The van der Waals surface area contributed by atoms with Gasteiger partial charge in [-0.2, -0.15) is 0 Å². The van der Waals surface area contributed by atoms with Gasteiger partial charge in [0.05, 0.1) is 0 Å². The van der Waals surface area contributed by atoms with Crippen LogP contribution in [0.15, 0.2) is 0 Å². The molecule has 3 heterocycles. The molecule has 0 unspecified atom stereocenters. The zero-order valence-electron chi connectivity index (χ0n) is 29.2. The topological polar surface area (TPSA) is 13.0 Å². The SMILES string of the molecule is CC(C)CC1CCCC1.CC(C)CN1CCCCC1.CC(C)CN1CCCCC1.CC(C)CN1CCN(C)CC1. The summed E-state index contributed by atoms with van der Waals surface area (Å²) in [5, 5.41) is 0. The number of hydrogen-bond donors (Lipinski definition) is 0. The molecule has 3 aliphatic heterocycles. The van der Waals surface area contributed by atoms with E-state index in [1.54, 1.807) is 0 Å². The van der Waals surface area contributed by atoms with Gasteiger partial charge in [-0.15, -0.1) is 0 Å². The van der Waals surface area contributed by atoms with Crippen LogP contribution in [0.5, 0.6) is 0 Å². The second kappa shape index (κ2) is 23.3. The molecule has 1 aliphatic carbocycles. The summed E-state index contributed by atoms with van der Waals surface area (Å²) in [6.45, 7) is 32.7. The lowest BCUT2D eigenvalue weighted by Gasteiger charge is -2.33. The molecule has 4 rings (SSSR count). The molecule has 4 heteroatoms. The fraction of sp³-hybridized carbons (Fsp3) is 1.00. The number of piperazine rings is 1. The van der Waals surface area contributed by atoms with Crippen molar-refractivity contribution in [3.63, 3.8) is 0 Å². The van der Waals surface area contributed by atoms with E-state index in [1.807, 2.05) is 0 Å². The van der Waals surface area contributed by atoms with Crippen molar-refractivity contribution in [1.29, 1.82) is 0 Å². The van der Waals surface area contributed by atoms with Crippen LogP contribution in [0.25, 0.3) is 0 Å². The van der Waals surface area contributed by atoms with Gasteiger partial charge in [0, 0.05) is 45.8 Å². The van der Waals surface area contributed by atoms with Crippen LogP contribution in [0.2, 0.25) is 0 Å². The second-order valence-corrected chi connectivity index (χ2v) is 15.3. The monoisotopic (exact) mass is 565 g/mol. The average molecular weight is 565 g/mol. The van der Waals surface area contributed by atoms with Crippen LogP contribution in [0.3, 0.4) is 0 Å². The van der Waals surface area contributed by atoms with Gasteiger partial charge in [0.2, 0.25) is 0 Å². The highest BCUT2D eigenvalue weighted by molar-refractivity contribution is 4.70. The van der Waals surface area contributed by atoms with Crippen LogP contribution in [0, 0.1) is 29.6 Å². The van der Waals surface area contributed by atoms with Crippen molar-refractivity contribution in [3.05, 3.63) is 0 Å². The molecule has 4 fully saturated rings. The molecule has 0 aromatic carbocycles. The third-order valence-electron chi connectivity index (χ3n) is 8.64. The van der Waals surface area contributed by atoms with Gasteiger partial charge in [-0.05, 0) is 94.9 Å². The average Bonchev–Trinajstić information content (AvgIpc) is 3.39. The molecule has 0 radical (unpaired) electrons. The first-order valence-electron chi connectivity index (χ1n) is 17.9. The maximum Gasteiger partial charge on any atom is 0.0110 e. The van der Waals surface area contributed by atoms with E-state index in [9.17, 15) is 0 Å². The number of likely N-dealkylation sites (tertiary alicyclic amines) is 2. The molecule has 4 nitrogen and oxygen atoms in total. The van der Waals surface area contributed by atoms with Gasteiger partial charge in [-0.1, -0.05) is 93.9 Å². The Balaban J connectivity index is 0.000000267. The Labute approximate surface area is 254 Å². The van der Waals surface area contributed by atoms with Crippen LogP contribution in [-0.4, -0.2) is 98.6 Å². The van der Waals surface area contributed by atoms with E-state index in [4.69, 9.17) is 0 Å². The molecule has 0 N–H and O–H groups in total. The Kier molecular flexibility index (Phi) is 22.1. The quantitative estimate of drug-likeness (QED) is 0.293. The normalized spacial score (nSPS) is 22.1. The van der Waals surface area contributed by atoms with Crippen molar-refractivity contribution in [3.8, 4) is 0 Å². The molecule has 0 amide bonds. The molecule has 240 valence electrons. The van der Waals surface area contributed by atoms with Gasteiger partial charge in [0.15, 0.2) is 0 Å². The van der Waals surface area contributed by atoms with Crippen LogP contribution in [0.1, 0.15) is 126 Å². The lowest BCUT2D eigenvalue weighted by Crippen LogP contribution is -2.45. The summed E-state index contributed by atoms with van der Waals surface area (Å²) >= 11 is 0. The van der Waals surface area contributed by atoms with Crippen molar-refractivity contribution < 1.29 is 0 Å². The van der Waals surface area contributed by atoms with Gasteiger partial charge in [0.1, 0.15) is 0 Å². The van der Waals surface area contributed by atoms with Gasteiger partial charge in [-0.3, -0.25) is 0 Å². The van der Waals surface area contributed by atoms with Gasteiger partial charge in [0.25, 0.3) is 0 Å². The van der Waals surface area contributed by atoms with Crippen molar-refractivity contribution in [2.75, 3.05) is 79.0 Å². The maximum atomic E-state index is 2.59. The molecular formula is C36H76N4. The van der Waals surface area contributed by atoms with Gasteiger partial charge >= 0.3 is 0 Å². The summed E-state index contributed by atoms with van der Waals surface area (Å²) in [6, 6.07) is 0. The summed E-state index contributed by atoms with van der Waals surface area (Å²) in [7, 11) is 2.20. The van der Waals surface area contributed by atoms with E-state index in [1.165, 1.54) is 143 Å². The van der Waals surface area contributed by atoms with E-state index >= 15 is 0 Å². The fourth-order valence-corrected chi connectivity index (χ4v) is 6.78. The molecule has 0 atom stereocenters. The fourth-order valence-electron chi connectivity index (χ4n) is 6.78. The Bertz CT molecular complexity index is 511. The molecule has 4 aliphatic rings. The molecule has 0 aromatic rings. The van der Waals surface area contributed by atoms with Crippen molar-refractivity contribution in [1.82, 2.24) is 19.6 Å². The summed E-state index contributed by atoms with van der Waals surface area (Å²) in [4.78, 5) is 10.1. The van der Waals surface area contributed by atoms with E-state index in [0.717, 1.165) is 29.6 Å². The smallest absolute Gasteiger partial charge is 0.0110 e. The van der Waals surface area contributed by atoms with Crippen molar-refractivity contribution in [2.24, 2.45) is 29.6 Å². The number of piperidine rings is 2. The Hall–Kier alpha value is -0.160. The molecule has 1 saturated carbocycles.